The van der Waals surface area contributed by atoms with Crippen molar-refractivity contribution in [1.82, 2.24) is 21.0 Å². The maximum Gasteiger partial charge on any atom is 0.441 e. The molecular weight excluding hydrogens is 680 g/mol. The zero-order valence-corrected chi connectivity index (χ0v) is 30.4. The van der Waals surface area contributed by atoms with E-state index >= 15 is 0 Å². The monoisotopic (exact) mass is 728 g/mol. The Morgan fingerprint density at radius 3 is 2.04 bits per heavy atom. The van der Waals surface area contributed by atoms with Gasteiger partial charge in [0, 0.05) is 25.6 Å². The lowest BCUT2D eigenvalue weighted by Gasteiger charge is -2.33. The van der Waals surface area contributed by atoms with Gasteiger partial charge in [0.1, 0.15) is 24.9 Å². The van der Waals surface area contributed by atoms with Crippen molar-refractivity contribution >= 4 is 30.2 Å². The first-order chi connectivity index (χ1) is 25.5. The Balaban J connectivity index is 1.12. The molecule has 1 aliphatic carbocycles. The fourth-order valence-electron chi connectivity index (χ4n) is 6.50. The first-order valence-electron chi connectivity index (χ1n) is 18.0. The van der Waals surface area contributed by atoms with Gasteiger partial charge in [0.15, 0.2) is 0 Å². The zero-order valence-electron chi connectivity index (χ0n) is 30.4. The fourth-order valence-corrected chi connectivity index (χ4v) is 6.50. The highest BCUT2D eigenvalue weighted by Crippen LogP contribution is 2.44. The van der Waals surface area contributed by atoms with Crippen LogP contribution in [0.3, 0.4) is 0 Å². The molecule has 1 heterocycles. The van der Waals surface area contributed by atoms with Crippen LogP contribution in [0.15, 0.2) is 78.9 Å². The highest BCUT2D eigenvalue weighted by atomic mass is 16.7. The lowest BCUT2D eigenvalue weighted by atomic mass is 9.96. The summed E-state index contributed by atoms with van der Waals surface area (Å²) in [6.07, 6.45) is -0.141. The number of fused-ring (bicyclic) bond motifs is 3. The standard InChI is InChI=1S/C40H48N4O9/c1-40(2,3)52-37(47)41-22-12-11-19-34(42-38(48)51-26-33-31-17-9-7-15-29(31)30-16-8-10-18-32(30)33)35(45)44-23-20-28(21-24-44)36(46)53-43-39(49)50-25-27-13-5-4-6-14-27/h4-10,13-18,28,33-34H,11-12,19-26H2,1-3H3,(H,41,47)(H,42,48)(H,43,49). The summed E-state index contributed by atoms with van der Waals surface area (Å²) in [5, 5.41) is 5.50. The molecule has 3 N–H and O–H groups in total. The van der Waals surface area contributed by atoms with Crippen LogP contribution in [0.2, 0.25) is 0 Å². The van der Waals surface area contributed by atoms with E-state index in [-0.39, 0.29) is 38.1 Å². The minimum absolute atomic E-state index is 0.0240. The van der Waals surface area contributed by atoms with Crippen LogP contribution in [-0.2, 0) is 35.2 Å². The average molecular weight is 729 g/mol. The van der Waals surface area contributed by atoms with Crippen LogP contribution in [0.25, 0.3) is 11.1 Å². The van der Waals surface area contributed by atoms with E-state index in [2.05, 4.69) is 22.8 Å². The minimum Gasteiger partial charge on any atom is -0.449 e. The molecule has 3 aromatic carbocycles. The Hall–Kier alpha value is -5.59. The van der Waals surface area contributed by atoms with Gasteiger partial charge in [0.25, 0.3) is 0 Å². The van der Waals surface area contributed by atoms with Crippen molar-refractivity contribution in [2.75, 3.05) is 26.2 Å². The van der Waals surface area contributed by atoms with Crippen LogP contribution in [0.4, 0.5) is 14.4 Å². The third-order valence-electron chi connectivity index (χ3n) is 9.11. The Morgan fingerprint density at radius 1 is 0.774 bits per heavy atom. The van der Waals surface area contributed by atoms with Gasteiger partial charge in [-0.05, 0) is 80.7 Å². The third kappa shape index (κ3) is 11.2. The maximum atomic E-state index is 13.8. The van der Waals surface area contributed by atoms with Gasteiger partial charge in [0.05, 0.1) is 5.92 Å². The van der Waals surface area contributed by atoms with E-state index < -0.39 is 41.8 Å². The quantitative estimate of drug-likeness (QED) is 0.112. The number of piperidine rings is 1. The summed E-state index contributed by atoms with van der Waals surface area (Å²) in [5.74, 6) is -1.60. The molecule has 1 fully saturated rings. The normalized spacial score (nSPS) is 14.6. The van der Waals surface area contributed by atoms with E-state index in [0.29, 0.717) is 38.6 Å². The third-order valence-corrected chi connectivity index (χ3v) is 9.11. The van der Waals surface area contributed by atoms with Gasteiger partial charge in [-0.2, -0.15) is 0 Å². The van der Waals surface area contributed by atoms with Crippen molar-refractivity contribution in [3.05, 3.63) is 95.6 Å². The van der Waals surface area contributed by atoms with E-state index in [1.807, 2.05) is 60.1 Å². The number of nitrogens with one attached hydrogen (secondary N) is 3. The Morgan fingerprint density at radius 2 is 1.40 bits per heavy atom. The number of rotatable bonds is 12. The predicted octanol–water partition coefficient (Wildman–Crippen LogP) is 6.21. The van der Waals surface area contributed by atoms with E-state index in [0.717, 1.165) is 27.8 Å². The summed E-state index contributed by atoms with van der Waals surface area (Å²) >= 11 is 0. The lowest BCUT2D eigenvalue weighted by Crippen LogP contribution is -2.51. The number of carbonyl (C=O) groups excluding carboxylic acids is 5. The van der Waals surface area contributed by atoms with Crippen LogP contribution < -0.4 is 16.1 Å². The molecule has 282 valence electrons. The van der Waals surface area contributed by atoms with E-state index in [1.165, 1.54) is 0 Å². The summed E-state index contributed by atoms with van der Waals surface area (Å²) in [5.41, 5.74) is 6.56. The number of benzene rings is 3. The van der Waals surface area contributed by atoms with Gasteiger partial charge >= 0.3 is 24.2 Å². The predicted molar refractivity (Wildman–Crippen MR) is 195 cm³/mol. The number of hydroxylamine groups is 1. The first kappa shape index (κ1) is 38.6. The molecule has 1 saturated heterocycles. The SMILES string of the molecule is CC(C)(C)OC(=O)NCCCCC(NC(=O)OCC1c2ccccc2-c2ccccc21)C(=O)N1CCC(C(=O)ONC(=O)OCc2ccccc2)CC1. The number of carbonyl (C=O) groups is 5. The summed E-state index contributed by atoms with van der Waals surface area (Å²) in [6.45, 7) is 6.31. The molecule has 1 atom stereocenters. The summed E-state index contributed by atoms with van der Waals surface area (Å²) < 4.78 is 16.1. The van der Waals surface area contributed by atoms with E-state index in [1.54, 1.807) is 37.8 Å². The Labute approximate surface area is 309 Å². The van der Waals surface area contributed by atoms with Gasteiger partial charge in [-0.3, -0.25) is 4.79 Å². The number of hydrogen-bond acceptors (Lipinski definition) is 9. The van der Waals surface area contributed by atoms with Gasteiger partial charge in [-0.25, -0.2) is 19.2 Å². The van der Waals surface area contributed by atoms with Crippen molar-refractivity contribution in [2.24, 2.45) is 5.92 Å². The Bertz CT molecular complexity index is 1690. The molecule has 4 amide bonds. The molecule has 0 spiro atoms. The fraction of sp³-hybridized carbons (Fsp3) is 0.425. The number of alkyl carbamates (subject to hydrolysis) is 2. The first-order valence-corrected chi connectivity index (χ1v) is 18.0. The molecule has 0 bridgehead atoms. The molecule has 0 radical (unpaired) electrons. The molecule has 53 heavy (non-hydrogen) atoms. The van der Waals surface area contributed by atoms with Crippen molar-refractivity contribution < 1.29 is 43.0 Å². The highest BCUT2D eigenvalue weighted by Gasteiger charge is 2.34. The molecule has 5 rings (SSSR count). The van der Waals surface area contributed by atoms with Crippen LogP contribution in [0.1, 0.15) is 75.5 Å². The molecule has 1 aliphatic heterocycles. The molecule has 0 aromatic heterocycles. The number of hydrogen-bond donors (Lipinski definition) is 3. The second-order valence-electron chi connectivity index (χ2n) is 14.1. The number of ether oxygens (including phenoxy) is 3. The average Bonchev–Trinajstić information content (AvgIpc) is 3.47. The van der Waals surface area contributed by atoms with Gasteiger partial charge in [-0.1, -0.05) is 78.9 Å². The van der Waals surface area contributed by atoms with Crippen LogP contribution >= 0.6 is 0 Å². The number of likely N-dealkylation sites (tertiary alicyclic amines) is 1. The number of amides is 4. The molecular formula is C40H48N4O9. The summed E-state index contributed by atoms with van der Waals surface area (Å²) in [7, 11) is 0. The highest BCUT2D eigenvalue weighted by molar-refractivity contribution is 5.86. The number of unbranched alkanes of at least 4 members (excludes halogenated alkanes) is 1. The smallest absolute Gasteiger partial charge is 0.441 e. The Kier molecular flexibility index (Phi) is 13.3. The zero-order chi connectivity index (χ0) is 37.8. The summed E-state index contributed by atoms with van der Waals surface area (Å²) in [4.78, 5) is 70.4. The second kappa shape index (κ2) is 18.3. The molecule has 13 heteroatoms. The molecule has 2 aliphatic rings. The van der Waals surface area contributed by atoms with Crippen molar-refractivity contribution in [1.29, 1.82) is 0 Å². The van der Waals surface area contributed by atoms with Crippen molar-refractivity contribution in [3.8, 4) is 11.1 Å². The van der Waals surface area contributed by atoms with Crippen molar-refractivity contribution in [3.63, 3.8) is 0 Å². The minimum atomic E-state index is -0.892. The maximum absolute atomic E-state index is 13.8. The molecule has 13 nitrogen and oxygen atoms in total. The largest absolute Gasteiger partial charge is 0.449 e. The second-order valence-corrected chi connectivity index (χ2v) is 14.1. The van der Waals surface area contributed by atoms with Crippen LogP contribution in [0, 0.1) is 5.92 Å². The number of nitrogens with zero attached hydrogens (tertiary/aromatic N) is 1. The topological polar surface area (TPSA) is 162 Å². The molecule has 1 unspecified atom stereocenters. The van der Waals surface area contributed by atoms with E-state index in [4.69, 9.17) is 19.0 Å². The van der Waals surface area contributed by atoms with Gasteiger partial charge in [-0.15, -0.1) is 5.48 Å². The summed E-state index contributed by atoms with van der Waals surface area (Å²) in [6, 6.07) is 24.3. The van der Waals surface area contributed by atoms with Gasteiger partial charge in [0.2, 0.25) is 5.91 Å². The van der Waals surface area contributed by atoms with E-state index in [9.17, 15) is 24.0 Å². The lowest BCUT2D eigenvalue weighted by molar-refractivity contribution is -0.157. The molecule has 0 saturated carbocycles. The van der Waals surface area contributed by atoms with Crippen LogP contribution in [-0.4, -0.2) is 72.9 Å². The molecule has 3 aromatic rings. The van der Waals surface area contributed by atoms with Gasteiger partial charge < -0.3 is 34.6 Å². The van der Waals surface area contributed by atoms with Crippen molar-refractivity contribution in [2.45, 2.75) is 77.0 Å². The van der Waals surface area contributed by atoms with Crippen LogP contribution in [0.5, 0.6) is 0 Å².